The minimum Gasteiger partial charge on any atom is -0.399 e. The van der Waals surface area contributed by atoms with Crippen molar-refractivity contribution in [3.8, 4) is 0 Å². The summed E-state index contributed by atoms with van der Waals surface area (Å²) < 4.78 is 0. The summed E-state index contributed by atoms with van der Waals surface area (Å²) in [6.07, 6.45) is 0. The maximum absolute atomic E-state index is 12.2. The fraction of sp³-hybridized carbons (Fsp3) is 0.200. The van der Waals surface area contributed by atoms with Crippen molar-refractivity contribution in [2.75, 3.05) is 17.2 Å². The number of hydrogen-bond acceptors (Lipinski definition) is 5. The van der Waals surface area contributed by atoms with E-state index in [2.05, 4.69) is 16.0 Å². The van der Waals surface area contributed by atoms with Crippen LogP contribution in [0.1, 0.15) is 11.8 Å². The van der Waals surface area contributed by atoms with Crippen LogP contribution >= 0.6 is 11.3 Å². The highest BCUT2D eigenvalue weighted by Gasteiger charge is 2.11. The van der Waals surface area contributed by atoms with Gasteiger partial charge in [0.25, 0.3) is 5.56 Å². The minimum absolute atomic E-state index is 0.160. The van der Waals surface area contributed by atoms with Crippen LogP contribution in [0.15, 0.2) is 40.5 Å². The summed E-state index contributed by atoms with van der Waals surface area (Å²) in [6.45, 7) is 3.54. The van der Waals surface area contributed by atoms with Gasteiger partial charge >= 0.3 is 0 Å². The molecule has 6 heteroatoms. The summed E-state index contributed by atoms with van der Waals surface area (Å²) >= 11 is 1.69. The number of nitrogens with two attached hydrogens (primary N) is 1. The number of rotatable bonds is 4. The second-order valence-electron chi connectivity index (χ2n) is 4.76. The number of benzene rings is 1. The summed E-state index contributed by atoms with van der Waals surface area (Å²) in [5.41, 5.74) is 6.78. The molecule has 3 aromatic rings. The predicted octanol–water partition coefficient (Wildman–Crippen LogP) is 2.59. The average Bonchev–Trinajstić information content (AvgIpc) is 2.98. The van der Waals surface area contributed by atoms with Crippen molar-refractivity contribution in [1.82, 2.24) is 9.97 Å². The zero-order valence-corrected chi connectivity index (χ0v) is 12.5. The molecule has 0 saturated heterocycles. The van der Waals surface area contributed by atoms with Gasteiger partial charge in [-0.15, -0.1) is 11.3 Å². The molecule has 3 rings (SSSR count). The molecular formula is C15H16N4OS. The highest BCUT2D eigenvalue weighted by molar-refractivity contribution is 7.09. The fourth-order valence-corrected chi connectivity index (χ4v) is 2.94. The number of hydrogen-bond donors (Lipinski definition) is 2. The smallest absolute Gasteiger partial charge is 0.260 e. The van der Waals surface area contributed by atoms with E-state index >= 15 is 0 Å². The van der Waals surface area contributed by atoms with Gasteiger partial charge in [-0.25, -0.2) is 4.98 Å². The van der Waals surface area contributed by atoms with Crippen molar-refractivity contribution in [2.45, 2.75) is 13.5 Å². The molecule has 0 saturated carbocycles. The number of nitrogen functional groups attached to an aromatic ring is 1. The van der Waals surface area contributed by atoms with Gasteiger partial charge in [-0.3, -0.25) is 9.78 Å². The molecule has 2 aromatic heterocycles. The molecule has 5 nitrogen and oxygen atoms in total. The van der Waals surface area contributed by atoms with Crippen LogP contribution in [0.4, 0.5) is 11.6 Å². The van der Waals surface area contributed by atoms with Gasteiger partial charge in [-0.05, 0) is 36.6 Å². The van der Waals surface area contributed by atoms with E-state index in [1.54, 1.807) is 29.5 Å². The molecule has 0 amide bonds. The number of fused-ring (bicyclic) bond motifs is 1. The van der Waals surface area contributed by atoms with E-state index in [-0.39, 0.29) is 5.56 Å². The van der Waals surface area contributed by atoms with Crippen LogP contribution in [0, 0.1) is 0 Å². The lowest BCUT2D eigenvalue weighted by atomic mass is 10.2. The van der Waals surface area contributed by atoms with Gasteiger partial charge in [0.1, 0.15) is 0 Å². The molecule has 2 heterocycles. The third-order valence-electron chi connectivity index (χ3n) is 3.32. The van der Waals surface area contributed by atoms with Crippen molar-refractivity contribution in [1.29, 1.82) is 0 Å². The van der Waals surface area contributed by atoms with E-state index in [1.807, 2.05) is 23.3 Å². The molecular weight excluding hydrogens is 284 g/mol. The molecule has 0 radical (unpaired) electrons. The van der Waals surface area contributed by atoms with Gasteiger partial charge in [-0.1, -0.05) is 6.07 Å². The normalized spacial score (nSPS) is 10.9. The summed E-state index contributed by atoms with van der Waals surface area (Å²) in [5, 5.41) is 2.56. The second-order valence-corrected chi connectivity index (χ2v) is 5.79. The Kier molecular flexibility index (Phi) is 3.62. The van der Waals surface area contributed by atoms with E-state index in [0.29, 0.717) is 22.5 Å². The lowest BCUT2D eigenvalue weighted by Gasteiger charge is -2.20. The Balaban J connectivity index is 2.02. The molecule has 0 spiro atoms. The molecule has 0 fully saturated rings. The van der Waals surface area contributed by atoms with Crippen molar-refractivity contribution < 1.29 is 0 Å². The van der Waals surface area contributed by atoms with Crippen molar-refractivity contribution >= 4 is 33.9 Å². The molecule has 3 N–H and O–H groups in total. The molecule has 0 aliphatic rings. The third-order valence-corrected chi connectivity index (χ3v) is 4.19. The quantitative estimate of drug-likeness (QED) is 0.726. The monoisotopic (exact) mass is 300 g/mol. The van der Waals surface area contributed by atoms with Crippen LogP contribution < -0.4 is 16.2 Å². The number of aromatic amines is 1. The Hall–Kier alpha value is -2.34. The Bertz CT molecular complexity index is 810. The average molecular weight is 300 g/mol. The topological polar surface area (TPSA) is 75.0 Å². The molecule has 0 unspecified atom stereocenters. The summed E-state index contributed by atoms with van der Waals surface area (Å²) in [7, 11) is 0. The summed E-state index contributed by atoms with van der Waals surface area (Å²) in [4.78, 5) is 22.9. The van der Waals surface area contributed by atoms with Gasteiger partial charge in [0, 0.05) is 17.1 Å². The van der Waals surface area contributed by atoms with Crippen LogP contribution in [0.5, 0.6) is 0 Å². The molecule has 0 bridgehead atoms. The SMILES string of the molecule is CCN(Cc1cccs1)c1nc2ccc(N)cc2c(=O)[nH]1. The number of anilines is 2. The van der Waals surface area contributed by atoms with Crippen molar-refractivity contribution in [2.24, 2.45) is 0 Å². The summed E-state index contributed by atoms with van der Waals surface area (Å²) in [5.74, 6) is 0.591. The molecule has 108 valence electrons. The van der Waals surface area contributed by atoms with Crippen LogP contribution in [-0.2, 0) is 6.54 Å². The largest absolute Gasteiger partial charge is 0.399 e. The van der Waals surface area contributed by atoms with Crippen LogP contribution in [-0.4, -0.2) is 16.5 Å². The van der Waals surface area contributed by atoms with Gasteiger partial charge in [-0.2, -0.15) is 0 Å². The third kappa shape index (κ3) is 2.75. The lowest BCUT2D eigenvalue weighted by Crippen LogP contribution is -2.26. The Morgan fingerprint density at radius 3 is 2.95 bits per heavy atom. The minimum atomic E-state index is -0.160. The van der Waals surface area contributed by atoms with E-state index in [1.165, 1.54) is 4.88 Å². The summed E-state index contributed by atoms with van der Waals surface area (Å²) in [6, 6.07) is 9.29. The van der Waals surface area contributed by atoms with Gasteiger partial charge in [0.05, 0.1) is 17.4 Å². The lowest BCUT2D eigenvalue weighted by molar-refractivity contribution is 0.801. The molecule has 0 aliphatic heterocycles. The zero-order chi connectivity index (χ0) is 14.8. The Morgan fingerprint density at radius 2 is 2.24 bits per heavy atom. The van der Waals surface area contributed by atoms with Crippen LogP contribution in [0.2, 0.25) is 0 Å². The van der Waals surface area contributed by atoms with Crippen LogP contribution in [0.3, 0.4) is 0 Å². The Labute approximate surface area is 126 Å². The second kappa shape index (κ2) is 5.57. The number of aromatic nitrogens is 2. The van der Waals surface area contributed by atoms with Gasteiger partial charge < -0.3 is 10.6 Å². The highest BCUT2D eigenvalue weighted by atomic mass is 32.1. The van der Waals surface area contributed by atoms with Gasteiger partial charge in [0.15, 0.2) is 0 Å². The first kappa shape index (κ1) is 13.6. The molecule has 21 heavy (non-hydrogen) atoms. The first-order valence-corrected chi connectivity index (χ1v) is 7.62. The van der Waals surface area contributed by atoms with Crippen molar-refractivity contribution in [3.05, 3.63) is 50.9 Å². The number of H-pyrrole nitrogens is 1. The fourth-order valence-electron chi connectivity index (χ4n) is 2.22. The maximum Gasteiger partial charge on any atom is 0.260 e. The van der Waals surface area contributed by atoms with Gasteiger partial charge in [0.2, 0.25) is 5.95 Å². The maximum atomic E-state index is 12.2. The van der Waals surface area contributed by atoms with E-state index in [0.717, 1.165) is 13.1 Å². The van der Waals surface area contributed by atoms with Crippen LogP contribution in [0.25, 0.3) is 10.9 Å². The number of nitrogens with one attached hydrogen (secondary N) is 1. The number of thiophene rings is 1. The first-order valence-electron chi connectivity index (χ1n) is 6.74. The molecule has 0 atom stereocenters. The van der Waals surface area contributed by atoms with E-state index in [4.69, 9.17) is 5.73 Å². The number of nitrogens with zero attached hydrogens (tertiary/aromatic N) is 2. The predicted molar refractivity (Wildman–Crippen MR) is 87.8 cm³/mol. The standard InChI is InChI=1S/C15H16N4OS/c1-2-19(9-11-4-3-7-21-11)15-17-13-6-5-10(16)8-12(13)14(20)18-15/h3-8H,2,9,16H2,1H3,(H,17,18,20). The van der Waals surface area contributed by atoms with E-state index in [9.17, 15) is 4.79 Å². The van der Waals surface area contributed by atoms with E-state index < -0.39 is 0 Å². The first-order chi connectivity index (χ1) is 10.2. The highest BCUT2D eigenvalue weighted by Crippen LogP contribution is 2.18. The van der Waals surface area contributed by atoms with Crippen molar-refractivity contribution in [3.63, 3.8) is 0 Å². The zero-order valence-electron chi connectivity index (χ0n) is 11.7. The molecule has 0 aliphatic carbocycles. The Morgan fingerprint density at radius 1 is 1.38 bits per heavy atom. The molecule has 1 aromatic carbocycles.